The van der Waals surface area contributed by atoms with E-state index in [1.807, 2.05) is 30.5 Å². The maximum atomic E-state index is 5.79. The molecule has 0 saturated heterocycles. The molecule has 2 rings (SSSR count). The fourth-order valence-electron chi connectivity index (χ4n) is 2.10. The van der Waals surface area contributed by atoms with Gasteiger partial charge in [-0.3, -0.25) is 0 Å². The van der Waals surface area contributed by atoms with Gasteiger partial charge in [-0.25, -0.2) is 4.98 Å². The molecule has 0 radical (unpaired) electrons. The number of hydrogen-bond acceptors (Lipinski definition) is 4. The van der Waals surface area contributed by atoms with Gasteiger partial charge in [-0.2, -0.15) is 0 Å². The lowest BCUT2D eigenvalue weighted by Gasteiger charge is -2.08. The lowest BCUT2D eigenvalue weighted by atomic mass is 10.1. The summed E-state index contributed by atoms with van der Waals surface area (Å²) in [6.45, 7) is 6.43. The molecular weight excluding hydrogens is 264 g/mol. The van der Waals surface area contributed by atoms with Crippen molar-refractivity contribution in [2.45, 2.75) is 20.4 Å². The molecule has 0 aliphatic heterocycles. The number of ether oxygens (including phenoxy) is 2. The molecule has 0 amide bonds. The number of pyridine rings is 1. The summed E-state index contributed by atoms with van der Waals surface area (Å²) < 4.78 is 10.8. The predicted molar refractivity (Wildman–Crippen MR) is 83.8 cm³/mol. The molecule has 0 fully saturated rings. The van der Waals surface area contributed by atoms with Gasteiger partial charge in [-0.05, 0) is 42.7 Å². The van der Waals surface area contributed by atoms with Crippen LogP contribution >= 0.6 is 0 Å². The highest BCUT2D eigenvalue weighted by Gasteiger charge is 2.01. The first kappa shape index (κ1) is 15.5. The lowest BCUT2D eigenvalue weighted by Crippen LogP contribution is -2.18. The van der Waals surface area contributed by atoms with E-state index in [1.54, 1.807) is 7.11 Å². The first-order valence-electron chi connectivity index (χ1n) is 7.08. The van der Waals surface area contributed by atoms with Gasteiger partial charge in [0, 0.05) is 32.5 Å². The van der Waals surface area contributed by atoms with Crippen LogP contribution in [0.3, 0.4) is 0 Å². The maximum absolute atomic E-state index is 5.79. The standard InChI is InChI=1S/C17H22N2O2/c1-13-8-14(2)10-16(9-13)21-17-5-4-15(12-19-17)11-18-6-7-20-3/h4-5,8-10,12,18H,6-7,11H2,1-3H3. The third-order valence-corrected chi connectivity index (χ3v) is 3.03. The predicted octanol–water partition coefficient (Wildman–Crippen LogP) is 3.23. The average molecular weight is 286 g/mol. The van der Waals surface area contributed by atoms with Crippen molar-refractivity contribution in [3.63, 3.8) is 0 Å². The Kier molecular flexibility index (Phi) is 5.72. The molecule has 1 N–H and O–H groups in total. The minimum absolute atomic E-state index is 0.612. The average Bonchev–Trinajstić information content (AvgIpc) is 2.44. The van der Waals surface area contributed by atoms with E-state index in [1.165, 1.54) is 11.1 Å². The second-order valence-corrected chi connectivity index (χ2v) is 5.10. The van der Waals surface area contributed by atoms with Crippen molar-refractivity contribution in [1.29, 1.82) is 0 Å². The number of methoxy groups -OCH3 is 1. The van der Waals surface area contributed by atoms with E-state index < -0.39 is 0 Å². The Labute approximate surface area is 126 Å². The molecular formula is C17H22N2O2. The molecule has 0 unspecified atom stereocenters. The summed E-state index contributed by atoms with van der Waals surface area (Å²) >= 11 is 0. The number of nitrogens with one attached hydrogen (secondary N) is 1. The van der Waals surface area contributed by atoms with Crippen molar-refractivity contribution in [2.24, 2.45) is 0 Å². The van der Waals surface area contributed by atoms with Crippen molar-refractivity contribution in [2.75, 3.05) is 20.3 Å². The summed E-state index contributed by atoms with van der Waals surface area (Å²) in [4.78, 5) is 4.34. The van der Waals surface area contributed by atoms with Crippen molar-refractivity contribution >= 4 is 0 Å². The SMILES string of the molecule is COCCNCc1ccc(Oc2cc(C)cc(C)c2)nc1. The molecule has 0 aliphatic rings. The van der Waals surface area contributed by atoms with E-state index in [4.69, 9.17) is 9.47 Å². The molecule has 4 heteroatoms. The van der Waals surface area contributed by atoms with Crippen molar-refractivity contribution in [3.05, 3.63) is 53.2 Å². The zero-order valence-corrected chi connectivity index (χ0v) is 12.8. The fraction of sp³-hybridized carbons (Fsp3) is 0.353. The quantitative estimate of drug-likeness (QED) is 0.794. The Morgan fingerprint density at radius 1 is 1.10 bits per heavy atom. The van der Waals surface area contributed by atoms with Crippen LogP contribution < -0.4 is 10.1 Å². The number of benzene rings is 1. The maximum Gasteiger partial charge on any atom is 0.219 e. The summed E-state index contributed by atoms with van der Waals surface area (Å²) in [7, 11) is 1.70. The summed E-state index contributed by atoms with van der Waals surface area (Å²) in [5.41, 5.74) is 3.49. The van der Waals surface area contributed by atoms with Gasteiger partial charge in [0.2, 0.25) is 5.88 Å². The lowest BCUT2D eigenvalue weighted by molar-refractivity contribution is 0.199. The van der Waals surface area contributed by atoms with Crippen molar-refractivity contribution in [3.8, 4) is 11.6 Å². The van der Waals surface area contributed by atoms with Crippen LogP contribution in [0.2, 0.25) is 0 Å². The molecule has 0 atom stereocenters. The third kappa shape index (κ3) is 5.17. The van der Waals surface area contributed by atoms with E-state index in [0.29, 0.717) is 12.5 Å². The zero-order valence-electron chi connectivity index (χ0n) is 12.8. The third-order valence-electron chi connectivity index (χ3n) is 3.03. The molecule has 4 nitrogen and oxygen atoms in total. The number of aromatic nitrogens is 1. The smallest absolute Gasteiger partial charge is 0.219 e. The zero-order chi connectivity index (χ0) is 15.1. The van der Waals surface area contributed by atoms with Crippen LogP contribution in [0.25, 0.3) is 0 Å². The van der Waals surface area contributed by atoms with Crippen LogP contribution in [-0.4, -0.2) is 25.2 Å². The Morgan fingerprint density at radius 3 is 2.48 bits per heavy atom. The van der Waals surface area contributed by atoms with Crippen LogP contribution in [0.5, 0.6) is 11.6 Å². The molecule has 112 valence electrons. The largest absolute Gasteiger partial charge is 0.439 e. The molecule has 0 saturated carbocycles. The van der Waals surface area contributed by atoms with Gasteiger partial charge in [0.1, 0.15) is 5.75 Å². The van der Waals surface area contributed by atoms with Crippen molar-refractivity contribution in [1.82, 2.24) is 10.3 Å². The fourth-order valence-corrected chi connectivity index (χ4v) is 2.10. The highest BCUT2D eigenvalue weighted by atomic mass is 16.5. The van der Waals surface area contributed by atoms with E-state index in [9.17, 15) is 0 Å². The van der Waals surface area contributed by atoms with Crippen molar-refractivity contribution < 1.29 is 9.47 Å². The summed E-state index contributed by atoms with van der Waals surface area (Å²) in [6.07, 6.45) is 1.83. The Hall–Kier alpha value is -1.91. The van der Waals surface area contributed by atoms with Gasteiger partial charge < -0.3 is 14.8 Å². The highest BCUT2D eigenvalue weighted by Crippen LogP contribution is 2.22. The summed E-state index contributed by atoms with van der Waals surface area (Å²) in [5.74, 6) is 1.44. The molecule has 21 heavy (non-hydrogen) atoms. The van der Waals surface area contributed by atoms with Gasteiger partial charge in [0.15, 0.2) is 0 Å². The summed E-state index contributed by atoms with van der Waals surface area (Å²) in [5, 5.41) is 3.28. The number of nitrogens with zero attached hydrogens (tertiary/aromatic N) is 1. The highest BCUT2D eigenvalue weighted by molar-refractivity contribution is 5.35. The molecule has 2 aromatic rings. The van der Waals surface area contributed by atoms with Crippen LogP contribution in [0.15, 0.2) is 36.5 Å². The first-order chi connectivity index (χ1) is 10.2. The van der Waals surface area contributed by atoms with Crippen LogP contribution in [0.4, 0.5) is 0 Å². The minimum atomic E-state index is 0.612. The minimum Gasteiger partial charge on any atom is -0.439 e. The molecule has 0 bridgehead atoms. The van der Waals surface area contributed by atoms with Gasteiger partial charge in [-0.15, -0.1) is 0 Å². The number of aryl methyl sites for hydroxylation is 2. The van der Waals surface area contributed by atoms with Gasteiger partial charge in [0.25, 0.3) is 0 Å². The Morgan fingerprint density at radius 2 is 1.86 bits per heavy atom. The van der Waals surface area contributed by atoms with Crippen LogP contribution in [0.1, 0.15) is 16.7 Å². The van der Waals surface area contributed by atoms with E-state index in [2.05, 4.69) is 30.2 Å². The van der Waals surface area contributed by atoms with Gasteiger partial charge in [0.05, 0.1) is 6.61 Å². The van der Waals surface area contributed by atoms with Gasteiger partial charge >= 0.3 is 0 Å². The topological polar surface area (TPSA) is 43.4 Å². The van der Waals surface area contributed by atoms with E-state index in [-0.39, 0.29) is 0 Å². The Bertz CT molecular complexity index is 547. The molecule has 0 spiro atoms. The molecule has 1 heterocycles. The molecule has 1 aromatic carbocycles. The second-order valence-electron chi connectivity index (χ2n) is 5.10. The van der Waals surface area contributed by atoms with E-state index in [0.717, 1.165) is 24.4 Å². The first-order valence-corrected chi connectivity index (χ1v) is 7.08. The van der Waals surface area contributed by atoms with E-state index >= 15 is 0 Å². The normalized spacial score (nSPS) is 10.6. The van der Waals surface area contributed by atoms with Gasteiger partial charge in [-0.1, -0.05) is 12.1 Å². The monoisotopic (exact) mass is 286 g/mol. The number of rotatable bonds is 7. The van der Waals surface area contributed by atoms with Crippen LogP contribution in [-0.2, 0) is 11.3 Å². The second kappa shape index (κ2) is 7.76. The number of hydrogen-bond donors (Lipinski definition) is 1. The Balaban J connectivity index is 1.92. The molecule has 1 aromatic heterocycles. The summed E-state index contributed by atoms with van der Waals surface area (Å²) in [6, 6.07) is 10.1. The van der Waals surface area contributed by atoms with Crippen LogP contribution in [0, 0.1) is 13.8 Å². The molecule has 0 aliphatic carbocycles.